The normalized spacial score (nSPS) is 22.2. The molecule has 1 fully saturated rings. The van der Waals surface area contributed by atoms with E-state index in [0.29, 0.717) is 0 Å². The van der Waals surface area contributed by atoms with Gasteiger partial charge in [0.1, 0.15) is 5.75 Å². The number of hydrogen-bond acceptors (Lipinski definition) is 3. The van der Waals surface area contributed by atoms with E-state index in [-0.39, 0.29) is 12.1 Å². The van der Waals surface area contributed by atoms with Gasteiger partial charge in [-0.2, -0.15) is 0 Å². The highest BCUT2D eigenvalue weighted by atomic mass is 79.9. The number of halogens is 1. The monoisotopic (exact) mass is 299 g/mol. The Morgan fingerprint density at radius 2 is 2.29 bits per heavy atom. The highest BCUT2D eigenvalue weighted by molar-refractivity contribution is 9.10. The molecule has 0 spiro atoms. The van der Waals surface area contributed by atoms with Crippen LogP contribution in [0.5, 0.6) is 5.75 Å². The van der Waals surface area contributed by atoms with Gasteiger partial charge in [0.25, 0.3) is 0 Å². The zero-order valence-electron chi connectivity index (χ0n) is 9.99. The highest BCUT2D eigenvalue weighted by Crippen LogP contribution is 2.31. The standard InChI is InChI=1S/C13H18BrNO2/c1-16-9-5-6-10(11(14)8-9)13(15)12-4-2-3-7-17-12/h5-6,8,12-13H,2-4,7,15H2,1H3. The van der Waals surface area contributed by atoms with Crippen LogP contribution in [0.15, 0.2) is 22.7 Å². The van der Waals surface area contributed by atoms with E-state index in [1.807, 2.05) is 18.2 Å². The van der Waals surface area contributed by atoms with E-state index in [2.05, 4.69) is 15.9 Å². The van der Waals surface area contributed by atoms with E-state index in [1.54, 1.807) is 7.11 Å². The van der Waals surface area contributed by atoms with Crippen molar-refractivity contribution in [2.75, 3.05) is 13.7 Å². The Morgan fingerprint density at radius 3 is 2.88 bits per heavy atom. The molecule has 1 aliphatic rings. The van der Waals surface area contributed by atoms with Crippen LogP contribution in [-0.2, 0) is 4.74 Å². The van der Waals surface area contributed by atoms with Gasteiger partial charge in [-0.15, -0.1) is 0 Å². The van der Waals surface area contributed by atoms with Gasteiger partial charge in [0.2, 0.25) is 0 Å². The van der Waals surface area contributed by atoms with Gasteiger partial charge < -0.3 is 15.2 Å². The van der Waals surface area contributed by atoms with E-state index in [9.17, 15) is 0 Å². The van der Waals surface area contributed by atoms with Crippen LogP contribution in [0.2, 0.25) is 0 Å². The number of rotatable bonds is 3. The molecule has 2 rings (SSSR count). The van der Waals surface area contributed by atoms with Crippen LogP contribution in [0.4, 0.5) is 0 Å². The molecule has 0 aromatic heterocycles. The molecule has 1 aromatic carbocycles. The molecular formula is C13H18BrNO2. The summed E-state index contributed by atoms with van der Waals surface area (Å²) in [4.78, 5) is 0. The van der Waals surface area contributed by atoms with Crippen LogP contribution in [0.25, 0.3) is 0 Å². The molecule has 0 aliphatic carbocycles. The maximum atomic E-state index is 6.27. The smallest absolute Gasteiger partial charge is 0.120 e. The Balaban J connectivity index is 2.15. The summed E-state index contributed by atoms with van der Waals surface area (Å²) in [6, 6.07) is 5.81. The van der Waals surface area contributed by atoms with Crippen molar-refractivity contribution in [1.82, 2.24) is 0 Å². The lowest BCUT2D eigenvalue weighted by Gasteiger charge is -2.28. The third-order valence-corrected chi connectivity index (χ3v) is 3.87. The van der Waals surface area contributed by atoms with Crippen molar-refractivity contribution in [3.8, 4) is 5.75 Å². The van der Waals surface area contributed by atoms with Gasteiger partial charge >= 0.3 is 0 Å². The van der Waals surface area contributed by atoms with Gasteiger partial charge in [0, 0.05) is 11.1 Å². The van der Waals surface area contributed by atoms with Crippen LogP contribution in [0, 0.1) is 0 Å². The summed E-state index contributed by atoms with van der Waals surface area (Å²) in [5, 5.41) is 0. The summed E-state index contributed by atoms with van der Waals surface area (Å²) in [5.74, 6) is 0.831. The van der Waals surface area contributed by atoms with Crippen molar-refractivity contribution in [3.05, 3.63) is 28.2 Å². The third-order valence-electron chi connectivity index (χ3n) is 3.18. The molecule has 94 valence electrons. The van der Waals surface area contributed by atoms with Crippen molar-refractivity contribution in [2.45, 2.75) is 31.4 Å². The van der Waals surface area contributed by atoms with Crippen molar-refractivity contribution in [1.29, 1.82) is 0 Å². The van der Waals surface area contributed by atoms with Crippen molar-refractivity contribution >= 4 is 15.9 Å². The molecule has 1 aromatic rings. The van der Waals surface area contributed by atoms with E-state index in [4.69, 9.17) is 15.2 Å². The molecule has 17 heavy (non-hydrogen) atoms. The van der Waals surface area contributed by atoms with E-state index >= 15 is 0 Å². The lowest BCUT2D eigenvalue weighted by atomic mass is 9.96. The minimum Gasteiger partial charge on any atom is -0.497 e. The maximum Gasteiger partial charge on any atom is 0.120 e. The minimum atomic E-state index is -0.0735. The first kappa shape index (κ1) is 12.9. The second-order valence-corrected chi connectivity index (χ2v) is 5.17. The number of benzene rings is 1. The fraction of sp³-hybridized carbons (Fsp3) is 0.538. The topological polar surface area (TPSA) is 44.5 Å². The van der Waals surface area contributed by atoms with Gasteiger partial charge in [-0.25, -0.2) is 0 Å². The summed E-state index contributed by atoms with van der Waals surface area (Å²) in [7, 11) is 1.66. The Labute approximate surface area is 110 Å². The molecule has 1 saturated heterocycles. The lowest BCUT2D eigenvalue weighted by Crippen LogP contribution is -2.32. The van der Waals surface area contributed by atoms with Crippen molar-refractivity contribution in [3.63, 3.8) is 0 Å². The molecule has 3 nitrogen and oxygen atoms in total. The second-order valence-electron chi connectivity index (χ2n) is 4.32. The van der Waals surface area contributed by atoms with E-state index in [1.165, 1.54) is 6.42 Å². The molecule has 2 atom stereocenters. The average molecular weight is 300 g/mol. The molecule has 4 heteroatoms. The Bertz CT molecular complexity index is 378. The largest absolute Gasteiger partial charge is 0.497 e. The van der Waals surface area contributed by atoms with Crippen LogP contribution in [0.3, 0.4) is 0 Å². The van der Waals surface area contributed by atoms with Crippen LogP contribution < -0.4 is 10.5 Å². The highest BCUT2D eigenvalue weighted by Gasteiger charge is 2.24. The SMILES string of the molecule is COc1ccc(C(N)C2CCCCO2)c(Br)c1. The lowest BCUT2D eigenvalue weighted by molar-refractivity contribution is -0.000124. The Kier molecular flexibility index (Phi) is 4.42. The summed E-state index contributed by atoms with van der Waals surface area (Å²) >= 11 is 3.54. The fourth-order valence-electron chi connectivity index (χ4n) is 2.15. The Morgan fingerprint density at radius 1 is 1.47 bits per heavy atom. The summed E-state index contributed by atoms with van der Waals surface area (Å²) < 4.78 is 11.9. The zero-order chi connectivity index (χ0) is 12.3. The molecule has 1 heterocycles. The molecule has 2 unspecified atom stereocenters. The first-order chi connectivity index (χ1) is 8.22. The molecule has 0 amide bonds. The van der Waals surface area contributed by atoms with Crippen LogP contribution in [-0.4, -0.2) is 19.8 Å². The zero-order valence-corrected chi connectivity index (χ0v) is 11.6. The summed E-state index contributed by atoms with van der Waals surface area (Å²) in [6.07, 6.45) is 3.52. The minimum absolute atomic E-state index is 0.0735. The van der Waals surface area contributed by atoms with Gasteiger partial charge in [-0.05, 0) is 37.0 Å². The summed E-state index contributed by atoms with van der Waals surface area (Å²) in [6.45, 7) is 0.826. The third kappa shape index (κ3) is 3.00. The van der Waals surface area contributed by atoms with Crippen molar-refractivity contribution < 1.29 is 9.47 Å². The predicted octanol–water partition coefficient (Wildman–Crippen LogP) is 3.03. The second kappa shape index (κ2) is 5.85. The predicted molar refractivity (Wildman–Crippen MR) is 71.2 cm³/mol. The van der Waals surface area contributed by atoms with Gasteiger partial charge in [0.15, 0.2) is 0 Å². The molecule has 1 aliphatic heterocycles. The fourth-order valence-corrected chi connectivity index (χ4v) is 2.78. The number of ether oxygens (including phenoxy) is 2. The first-order valence-electron chi connectivity index (χ1n) is 5.93. The first-order valence-corrected chi connectivity index (χ1v) is 6.72. The van der Waals surface area contributed by atoms with E-state index < -0.39 is 0 Å². The molecule has 0 saturated carbocycles. The van der Waals surface area contributed by atoms with Gasteiger partial charge in [0.05, 0.1) is 19.3 Å². The number of methoxy groups -OCH3 is 1. The molecular weight excluding hydrogens is 282 g/mol. The van der Waals surface area contributed by atoms with Crippen LogP contribution in [0.1, 0.15) is 30.9 Å². The Hall–Kier alpha value is -0.580. The number of nitrogens with two attached hydrogens (primary N) is 1. The molecule has 2 N–H and O–H groups in total. The quantitative estimate of drug-likeness (QED) is 0.933. The van der Waals surface area contributed by atoms with Gasteiger partial charge in [-0.1, -0.05) is 22.0 Å². The maximum absolute atomic E-state index is 6.27. The van der Waals surface area contributed by atoms with Crippen molar-refractivity contribution in [2.24, 2.45) is 5.73 Å². The molecule has 0 radical (unpaired) electrons. The average Bonchev–Trinajstić information content (AvgIpc) is 2.39. The van der Waals surface area contributed by atoms with Gasteiger partial charge in [-0.3, -0.25) is 0 Å². The summed E-state index contributed by atoms with van der Waals surface area (Å²) in [5.41, 5.74) is 7.35. The van der Waals surface area contributed by atoms with Crippen LogP contribution >= 0.6 is 15.9 Å². The number of hydrogen-bond donors (Lipinski definition) is 1. The molecule has 0 bridgehead atoms. The van der Waals surface area contributed by atoms with E-state index in [0.717, 1.165) is 35.2 Å².